The third-order valence-electron chi connectivity index (χ3n) is 1.89. The van der Waals surface area contributed by atoms with Gasteiger partial charge in [0.2, 0.25) is 0 Å². The number of ether oxygens (including phenoxy) is 1. The molecule has 0 N–H and O–H groups in total. The molecule has 1 heterocycles. The highest BCUT2D eigenvalue weighted by Crippen LogP contribution is 1.95. The van der Waals surface area contributed by atoms with Crippen LogP contribution in [-0.4, -0.2) is 24.0 Å². The van der Waals surface area contributed by atoms with Gasteiger partial charge in [0, 0.05) is 24.7 Å². The molecule has 0 aliphatic rings. The molecule has 14 heavy (non-hydrogen) atoms. The monoisotopic (exact) mass is 193 g/mol. The first-order valence-electron chi connectivity index (χ1n) is 4.82. The van der Waals surface area contributed by atoms with E-state index in [0.29, 0.717) is 13.0 Å². The summed E-state index contributed by atoms with van der Waals surface area (Å²) < 4.78 is 5.20. The van der Waals surface area contributed by atoms with Crippen molar-refractivity contribution in [2.75, 3.05) is 13.2 Å². The van der Waals surface area contributed by atoms with E-state index in [9.17, 15) is 4.79 Å². The standard InChI is InChI=1S/C11H15NO2/c1-2-11(13)9-14-8-6-10-5-3-4-7-12-10/h3-5,7H,2,6,8-9H2,1H3. The van der Waals surface area contributed by atoms with E-state index in [1.165, 1.54) is 0 Å². The Kier molecular flexibility index (Phi) is 4.86. The van der Waals surface area contributed by atoms with Crippen LogP contribution in [0.5, 0.6) is 0 Å². The Morgan fingerprint density at radius 3 is 3.00 bits per heavy atom. The fourth-order valence-corrected chi connectivity index (χ4v) is 1.01. The molecule has 0 bridgehead atoms. The molecule has 0 aromatic carbocycles. The third-order valence-corrected chi connectivity index (χ3v) is 1.89. The maximum Gasteiger partial charge on any atom is 0.158 e. The van der Waals surface area contributed by atoms with Crippen LogP contribution >= 0.6 is 0 Å². The van der Waals surface area contributed by atoms with Gasteiger partial charge in [-0.1, -0.05) is 13.0 Å². The van der Waals surface area contributed by atoms with Crippen LogP contribution < -0.4 is 0 Å². The van der Waals surface area contributed by atoms with Gasteiger partial charge in [-0.3, -0.25) is 9.78 Å². The number of carbonyl (C=O) groups is 1. The van der Waals surface area contributed by atoms with Gasteiger partial charge >= 0.3 is 0 Å². The van der Waals surface area contributed by atoms with Crippen molar-refractivity contribution < 1.29 is 9.53 Å². The van der Waals surface area contributed by atoms with Gasteiger partial charge in [0.05, 0.1) is 6.61 Å². The minimum absolute atomic E-state index is 0.144. The lowest BCUT2D eigenvalue weighted by atomic mass is 10.3. The molecule has 0 saturated heterocycles. The van der Waals surface area contributed by atoms with E-state index in [0.717, 1.165) is 12.1 Å². The molecule has 0 spiro atoms. The van der Waals surface area contributed by atoms with E-state index >= 15 is 0 Å². The van der Waals surface area contributed by atoms with Crippen molar-refractivity contribution >= 4 is 5.78 Å². The van der Waals surface area contributed by atoms with Gasteiger partial charge in [-0.2, -0.15) is 0 Å². The molecule has 1 aromatic rings. The van der Waals surface area contributed by atoms with Crippen molar-refractivity contribution in [1.29, 1.82) is 0 Å². The van der Waals surface area contributed by atoms with E-state index in [1.807, 2.05) is 25.1 Å². The van der Waals surface area contributed by atoms with Gasteiger partial charge in [-0.15, -0.1) is 0 Å². The molecule has 3 heteroatoms. The number of pyridine rings is 1. The Hall–Kier alpha value is -1.22. The van der Waals surface area contributed by atoms with Crippen molar-refractivity contribution in [1.82, 2.24) is 4.98 Å². The van der Waals surface area contributed by atoms with Crippen LogP contribution in [0.3, 0.4) is 0 Å². The normalized spacial score (nSPS) is 10.1. The molecule has 0 aliphatic heterocycles. The molecule has 0 saturated carbocycles. The first kappa shape index (κ1) is 10.9. The van der Waals surface area contributed by atoms with Crippen molar-refractivity contribution in [3.63, 3.8) is 0 Å². The SMILES string of the molecule is CCC(=O)COCCc1ccccn1. The van der Waals surface area contributed by atoms with Gasteiger partial charge in [-0.05, 0) is 12.1 Å². The van der Waals surface area contributed by atoms with E-state index in [1.54, 1.807) is 6.20 Å². The summed E-state index contributed by atoms with van der Waals surface area (Å²) in [7, 11) is 0. The summed E-state index contributed by atoms with van der Waals surface area (Å²) in [5.41, 5.74) is 0.997. The molecular weight excluding hydrogens is 178 g/mol. The van der Waals surface area contributed by atoms with E-state index < -0.39 is 0 Å². The quantitative estimate of drug-likeness (QED) is 0.644. The molecule has 0 amide bonds. The second-order valence-electron chi connectivity index (χ2n) is 3.02. The maximum absolute atomic E-state index is 10.9. The molecule has 1 rings (SSSR count). The third kappa shape index (κ3) is 4.14. The minimum Gasteiger partial charge on any atom is -0.373 e. The fourth-order valence-electron chi connectivity index (χ4n) is 1.01. The van der Waals surface area contributed by atoms with Gasteiger partial charge in [0.1, 0.15) is 6.61 Å². The predicted molar refractivity (Wildman–Crippen MR) is 54.1 cm³/mol. The molecule has 3 nitrogen and oxygen atoms in total. The van der Waals surface area contributed by atoms with Crippen molar-refractivity contribution in [3.8, 4) is 0 Å². The lowest BCUT2D eigenvalue weighted by Crippen LogP contribution is -2.09. The van der Waals surface area contributed by atoms with Crippen LogP contribution in [0.15, 0.2) is 24.4 Å². The van der Waals surface area contributed by atoms with Crippen LogP contribution in [-0.2, 0) is 16.0 Å². The van der Waals surface area contributed by atoms with Crippen molar-refractivity contribution in [2.45, 2.75) is 19.8 Å². The van der Waals surface area contributed by atoms with E-state index in [4.69, 9.17) is 4.74 Å². The predicted octanol–water partition coefficient (Wildman–Crippen LogP) is 1.62. The minimum atomic E-state index is 0.144. The Labute approximate surface area is 84.1 Å². The van der Waals surface area contributed by atoms with Crippen molar-refractivity contribution in [2.24, 2.45) is 0 Å². The molecule has 76 valence electrons. The zero-order valence-corrected chi connectivity index (χ0v) is 8.40. The summed E-state index contributed by atoms with van der Waals surface area (Å²) in [5.74, 6) is 0.144. The second kappa shape index (κ2) is 6.27. The number of carbonyl (C=O) groups excluding carboxylic acids is 1. The van der Waals surface area contributed by atoms with Gasteiger partial charge in [0.25, 0.3) is 0 Å². The molecule has 0 unspecified atom stereocenters. The van der Waals surface area contributed by atoms with Crippen LogP contribution in [0.2, 0.25) is 0 Å². The Bertz CT molecular complexity index is 272. The van der Waals surface area contributed by atoms with Crippen LogP contribution in [0.25, 0.3) is 0 Å². The van der Waals surface area contributed by atoms with Crippen LogP contribution in [0.1, 0.15) is 19.0 Å². The molecule has 0 aliphatic carbocycles. The summed E-state index contributed by atoms with van der Waals surface area (Å²) in [6.07, 6.45) is 3.06. The highest BCUT2D eigenvalue weighted by atomic mass is 16.5. The van der Waals surface area contributed by atoms with Crippen LogP contribution in [0, 0.1) is 0 Å². The topological polar surface area (TPSA) is 39.2 Å². The molecular formula is C11H15NO2. The fraction of sp³-hybridized carbons (Fsp3) is 0.455. The summed E-state index contributed by atoms with van der Waals surface area (Å²) in [6.45, 7) is 2.62. The number of Topliss-reactive ketones (excluding diaryl/α,β-unsaturated/α-hetero) is 1. The average Bonchev–Trinajstić information content (AvgIpc) is 2.25. The lowest BCUT2D eigenvalue weighted by molar-refractivity contribution is -0.123. The number of ketones is 1. The summed E-state index contributed by atoms with van der Waals surface area (Å²) in [6, 6.07) is 5.77. The Morgan fingerprint density at radius 1 is 1.50 bits per heavy atom. The van der Waals surface area contributed by atoms with E-state index in [-0.39, 0.29) is 12.4 Å². The maximum atomic E-state index is 10.9. The Balaban J connectivity index is 2.13. The first-order chi connectivity index (χ1) is 6.83. The number of rotatable bonds is 6. The highest BCUT2D eigenvalue weighted by molar-refractivity contribution is 5.79. The molecule has 0 fully saturated rings. The van der Waals surface area contributed by atoms with Gasteiger partial charge in [-0.25, -0.2) is 0 Å². The smallest absolute Gasteiger partial charge is 0.158 e. The van der Waals surface area contributed by atoms with Gasteiger partial charge < -0.3 is 4.74 Å². The zero-order chi connectivity index (χ0) is 10.2. The summed E-state index contributed by atoms with van der Waals surface area (Å²) in [5, 5.41) is 0. The van der Waals surface area contributed by atoms with Crippen LogP contribution in [0.4, 0.5) is 0 Å². The first-order valence-corrected chi connectivity index (χ1v) is 4.82. The lowest BCUT2D eigenvalue weighted by Gasteiger charge is -2.01. The Morgan fingerprint density at radius 2 is 2.36 bits per heavy atom. The summed E-state index contributed by atoms with van der Waals surface area (Å²) >= 11 is 0. The number of hydrogen-bond donors (Lipinski definition) is 0. The van der Waals surface area contributed by atoms with Gasteiger partial charge in [0.15, 0.2) is 5.78 Å². The average molecular weight is 193 g/mol. The zero-order valence-electron chi connectivity index (χ0n) is 8.40. The second-order valence-corrected chi connectivity index (χ2v) is 3.02. The molecule has 0 atom stereocenters. The number of nitrogens with zero attached hydrogens (tertiary/aromatic N) is 1. The number of hydrogen-bond acceptors (Lipinski definition) is 3. The van der Waals surface area contributed by atoms with Crippen molar-refractivity contribution in [3.05, 3.63) is 30.1 Å². The van der Waals surface area contributed by atoms with E-state index in [2.05, 4.69) is 4.98 Å². The summed E-state index contributed by atoms with van der Waals surface area (Å²) in [4.78, 5) is 15.0. The number of aromatic nitrogens is 1. The largest absolute Gasteiger partial charge is 0.373 e. The molecule has 0 radical (unpaired) electrons. The molecule has 1 aromatic heterocycles. The highest BCUT2D eigenvalue weighted by Gasteiger charge is 1.98.